The number of nitrogens with two attached hydrogens (primary N) is 1. The topological polar surface area (TPSA) is 67.6 Å². The molecular weight excluding hydrogens is 290 g/mol. The van der Waals surface area contributed by atoms with Gasteiger partial charge in [-0.15, -0.1) is 0 Å². The quantitative estimate of drug-likeness (QED) is 0.895. The number of anilines is 1. The van der Waals surface area contributed by atoms with Crippen LogP contribution in [0.3, 0.4) is 0 Å². The number of nitrogens with one attached hydrogen (secondary N) is 1. The molecule has 5 nitrogen and oxygen atoms in total. The fourth-order valence-electron chi connectivity index (χ4n) is 2.82. The Hall–Kier alpha value is -1.75. The number of carbonyl (C=O) groups excluding carboxylic acids is 1. The highest BCUT2D eigenvalue weighted by Crippen LogP contribution is 2.23. The van der Waals surface area contributed by atoms with Crippen LogP contribution in [0.2, 0.25) is 0 Å². The summed E-state index contributed by atoms with van der Waals surface area (Å²) in [6.45, 7) is 8.90. The Morgan fingerprint density at radius 3 is 2.65 bits per heavy atom. The molecule has 0 radical (unpaired) electrons. The Morgan fingerprint density at radius 1 is 1.35 bits per heavy atom. The summed E-state index contributed by atoms with van der Waals surface area (Å²) in [5, 5.41) is 2.89. The molecule has 2 rings (SSSR count). The zero-order chi connectivity index (χ0) is 16.9. The number of carbonyl (C=O) groups is 1. The molecule has 1 aliphatic rings. The summed E-state index contributed by atoms with van der Waals surface area (Å²) >= 11 is 0. The molecule has 128 valence electrons. The molecule has 1 heterocycles. The number of amides is 1. The molecule has 0 aromatic heterocycles. The summed E-state index contributed by atoms with van der Waals surface area (Å²) in [6.07, 6.45) is 1.82. The third kappa shape index (κ3) is 5.75. The first-order valence-corrected chi connectivity index (χ1v) is 8.38. The number of benzene rings is 1. The second-order valence-electron chi connectivity index (χ2n) is 7.19. The fourth-order valence-corrected chi connectivity index (χ4v) is 2.82. The number of ether oxygens (including phenoxy) is 1. The van der Waals surface area contributed by atoms with Crippen LogP contribution in [0, 0.1) is 5.92 Å². The number of alkyl carbamates (subject to hydrolysis) is 1. The van der Waals surface area contributed by atoms with Crippen LogP contribution < -0.4 is 16.0 Å². The molecule has 0 aliphatic carbocycles. The molecule has 1 aliphatic heterocycles. The average molecular weight is 319 g/mol. The summed E-state index contributed by atoms with van der Waals surface area (Å²) in [5.74, 6) is 0.511. The van der Waals surface area contributed by atoms with Crippen molar-refractivity contribution in [2.24, 2.45) is 11.7 Å². The normalized spacial score (nSPS) is 16.3. The second-order valence-corrected chi connectivity index (χ2v) is 7.19. The Kier molecular flexibility index (Phi) is 5.88. The molecule has 1 fully saturated rings. The van der Waals surface area contributed by atoms with E-state index in [9.17, 15) is 4.79 Å². The summed E-state index contributed by atoms with van der Waals surface area (Å²) in [7, 11) is 0. The van der Waals surface area contributed by atoms with Crippen molar-refractivity contribution in [2.75, 3.05) is 24.5 Å². The molecular formula is C18H29N3O2. The van der Waals surface area contributed by atoms with Gasteiger partial charge >= 0.3 is 6.09 Å². The SMILES string of the molecule is CC(C)(C)OC(=O)NCC1CCN(c2cccc(CN)c2)CC1. The van der Waals surface area contributed by atoms with Crippen molar-refractivity contribution in [3.05, 3.63) is 29.8 Å². The van der Waals surface area contributed by atoms with Crippen LogP contribution in [0.15, 0.2) is 24.3 Å². The molecule has 5 heteroatoms. The number of nitrogens with zero attached hydrogens (tertiary/aromatic N) is 1. The van der Waals surface area contributed by atoms with Crippen LogP contribution in [0.25, 0.3) is 0 Å². The van der Waals surface area contributed by atoms with Gasteiger partial charge in [-0.05, 0) is 57.2 Å². The van der Waals surface area contributed by atoms with Crippen molar-refractivity contribution >= 4 is 11.8 Å². The van der Waals surface area contributed by atoms with E-state index in [0.29, 0.717) is 19.0 Å². The zero-order valence-corrected chi connectivity index (χ0v) is 14.5. The highest BCUT2D eigenvalue weighted by molar-refractivity contribution is 5.67. The first-order valence-electron chi connectivity index (χ1n) is 8.38. The monoisotopic (exact) mass is 319 g/mol. The van der Waals surface area contributed by atoms with Crippen LogP contribution in [0.5, 0.6) is 0 Å². The Labute approximate surface area is 139 Å². The van der Waals surface area contributed by atoms with E-state index < -0.39 is 5.60 Å². The van der Waals surface area contributed by atoms with Crippen molar-refractivity contribution in [3.63, 3.8) is 0 Å². The largest absolute Gasteiger partial charge is 0.444 e. The van der Waals surface area contributed by atoms with E-state index in [1.807, 2.05) is 20.8 Å². The number of hydrogen-bond donors (Lipinski definition) is 2. The highest BCUT2D eigenvalue weighted by Gasteiger charge is 2.21. The Balaban J connectivity index is 1.76. The summed E-state index contributed by atoms with van der Waals surface area (Å²) in [6, 6.07) is 8.42. The molecule has 0 atom stereocenters. The number of rotatable bonds is 4. The highest BCUT2D eigenvalue weighted by atomic mass is 16.6. The van der Waals surface area contributed by atoms with E-state index in [4.69, 9.17) is 10.5 Å². The van der Waals surface area contributed by atoms with Gasteiger partial charge in [-0.3, -0.25) is 0 Å². The van der Waals surface area contributed by atoms with E-state index in [1.54, 1.807) is 0 Å². The van der Waals surface area contributed by atoms with Gasteiger partial charge in [-0.25, -0.2) is 4.79 Å². The van der Waals surface area contributed by atoms with Crippen LogP contribution in [0.4, 0.5) is 10.5 Å². The molecule has 23 heavy (non-hydrogen) atoms. The third-order valence-electron chi connectivity index (χ3n) is 4.06. The van der Waals surface area contributed by atoms with E-state index >= 15 is 0 Å². The maximum Gasteiger partial charge on any atom is 0.407 e. The van der Waals surface area contributed by atoms with Crippen molar-refractivity contribution in [1.29, 1.82) is 0 Å². The Bertz CT molecular complexity index is 517. The molecule has 0 saturated carbocycles. The molecule has 1 aromatic rings. The van der Waals surface area contributed by atoms with Crippen molar-refractivity contribution < 1.29 is 9.53 Å². The van der Waals surface area contributed by atoms with Gasteiger partial charge in [0.25, 0.3) is 0 Å². The second kappa shape index (κ2) is 7.68. The van der Waals surface area contributed by atoms with Gasteiger partial charge in [0.2, 0.25) is 0 Å². The lowest BCUT2D eigenvalue weighted by Crippen LogP contribution is -2.40. The standard InChI is InChI=1S/C18H29N3O2/c1-18(2,3)23-17(22)20-13-14-7-9-21(10-8-14)16-6-4-5-15(11-16)12-19/h4-6,11,14H,7-10,12-13,19H2,1-3H3,(H,20,22). The maximum atomic E-state index is 11.7. The molecule has 1 aromatic carbocycles. The lowest BCUT2D eigenvalue weighted by molar-refractivity contribution is 0.0517. The van der Waals surface area contributed by atoms with Crippen molar-refractivity contribution in [2.45, 2.75) is 45.8 Å². The molecule has 1 saturated heterocycles. The summed E-state index contributed by atoms with van der Waals surface area (Å²) < 4.78 is 5.27. The van der Waals surface area contributed by atoms with Crippen molar-refractivity contribution in [3.8, 4) is 0 Å². The third-order valence-corrected chi connectivity index (χ3v) is 4.06. The van der Waals surface area contributed by atoms with Crippen LogP contribution in [-0.2, 0) is 11.3 Å². The van der Waals surface area contributed by atoms with E-state index in [0.717, 1.165) is 31.5 Å². The van der Waals surface area contributed by atoms with Gasteiger partial charge in [0.15, 0.2) is 0 Å². The molecule has 0 unspecified atom stereocenters. The predicted molar refractivity (Wildman–Crippen MR) is 93.5 cm³/mol. The van der Waals surface area contributed by atoms with E-state index in [2.05, 4.69) is 34.5 Å². The fraction of sp³-hybridized carbons (Fsp3) is 0.611. The smallest absolute Gasteiger partial charge is 0.407 e. The van der Waals surface area contributed by atoms with Gasteiger partial charge in [0.05, 0.1) is 0 Å². The lowest BCUT2D eigenvalue weighted by atomic mass is 9.96. The summed E-state index contributed by atoms with van der Waals surface area (Å²) in [5.41, 5.74) is 7.67. The number of piperidine rings is 1. The van der Waals surface area contributed by atoms with Gasteiger partial charge in [0.1, 0.15) is 5.60 Å². The minimum atomic E-state index is -0.443. The van der Waals surface area contributed by atoms with Gasteiger partial charge in [0, 0.05) is 31.9 Å². The van der Waals surface area contributed by atoms with Gasteiger partial charge in [-0.1, -0.05) is 12.1 Å². The molecule has 3 N–H and O–H groups in total. The molecule has 1 amide bonds. The van der Waals surface area contributed by atoms with Crippen LogP contribution in [0.1, 0.15) is 39.2 Å². The lowest BCUT2D eigenvalue weighted by Gasteiger charge is -2.34. The maximum absolute atomic E-state index is 11.7. The van der Waals surface area contributed by atoms with Crippen LogP contribution >= 0.6 is 0 Å². The molecule has 0 bridgehead atoms. The number of hydrogen-bond acceptors (Lipinski definition) is 4. The van der Waals surface area contributed by atoms with Gasteiger partial charge in [-0.2, -0.15) is 0 Å². The predicted octanol–water partition coefficient (Wildman–Crippen LogP) is 2.89. The minimum absolute atomic E-state index is 0.324. The minimum Gasteiger partial charge on any atom is -0.444 e. The first kappa shape index (κ1) is 17.6. The zero-order valence-electron chi connectivity index (χ0n) is 14.5. The van der Waals surface area contributed by atoms with Gasteiger partial charge < -0.3 is 20.7 Å². The summed E-state index contributed by atoms with van der Waals surface area (Å²) in [4.78, 5) is 14.1. The first-order chi connectivity index (χ1) is 10.9. The van der Waals surface area contributed by atoms with Crippen molar-refractivity contribution in [1.82, 2.24) is 5.32 Å². The Morgan fingerprint density at radius 2 is 2.04 bits per heavy atom. The average Bonchev–Trinajstić information content (AvgIpc) is 2.52. The van der Waals surface area contributed by atoms with E-state index in [1.165, 1.54) is 5.69 Å². The molecule has 0 spiro atoms. The van der Waals surface area contributed by atoms with E-state index in [-0.39, 0.29) is 6.09 Å². The van der Waals surface area contributed by atoms with Crippen LogP contribution in [-0.4, -0.2) is 31.3 Å².